The number of hydrogen-bond donors (Lipinski definition) is 6. The minimum absolute atomic E-state index is 0.704. The fourth-order valence-corrected chi connectivity index (χ4v) is 0.842. The Morgan fingerprint density at radius 1 is 0.944 bits per heavy atom. The van der Waals surface area contributed by atoms with Crippen LogP contribution >= 0.6 is 0 Å². The van der Waals surface area contributed by atoms with E-state index >= 15 is 0 Å². The maximum Gasteiger partial charge on any atom is 0.337 e. The molecule has 0 aliphatic rings. The summed E-state index contributed by atoms with van der Waals surface area (Å²) in [6, 6.07) is 0. The Morgan fingerprint density at radius 3 is 1.72 bits per heavy atom. The zero-order valence-corrected chi connectivity index (χ0v) is 8.76. The van der Waals surface area contributed by atoms with Crippen molar-refractivity contribution in [2.24, 2.45) is 11.5 Å². The van der Waals surface area contributed by atoms with Crippen LogP contribution in [-0.2, 0) is 19.2 Å². The summed E-state index contributed by atoms with van der Waals surface area (Å²) < 4.78 is 0. The normalized spacial score (nSPS) is 15.3. The van der Waals surface area contributed by atoms with E-state index in [0.29, 0.717) is 0 Å². The van der Waals surface area contributed by atoms with Crippen LogP contribution in [0.15, 0.2) is 0 Å². The molecule has 3 atom stereocenters. The van der Waals surface area contributed by atoms with Crippen LogP contribution in [0.25, 0.3) is 0 Å². The maximum atomic E-state index is 10.8. The number of rotatable bonds is 5. The Bertz CT molecular complexity index is 347. The number of amides is 3. The Balaban J connectivity index is 4.84. The highest BCUT2D eigenvalue weighted by Gasteiger charge is 2.38. The fourth-order valence-electron chi connectivity index (χ4n) is 0.842. The van der Waals surface area contributed by atoms with Gasteiger partial charge in [0.05, 0.1) is 0 Å². The number of nitrogens with two attached hydrogens (primary N) is 2. The predicted molar refractivity (Wildman–Crippen MR) is 50.0 cm³/mol. The third-order valence-corrected chi connectivity index (χ3v) is 1.81. The highest BCUT2D eigenvalue weighted by Crippen LogP contribution is 2.05. The lowest BCUT2D eigenvalue weighted by molar-refractivity contribution is -0.233. The Labute approximate surface area is 99.1 Å². The number of primary amides is 2. The van der Waals surface area contributed by atoms with Gasteiger partial charge in [-0.1, -0.05) is 0 Å². The number of carbonyl (C=O) groups excluding carboxylic acids is 4. The molecule has 0 saturated heterocycles. The average molecular weight is 265 g/mol. The molecule has 3 amide bonds. The van der Waals surface area contributed by atoms with E-state index < -0.39 is 47.0 Å². The number of ketones is 1. The lowest BCUT2D eigenvalue weighted by Crippen LogP contribution is -2.55. The number of aliphatic hydroxyl groups is 3. The van der Waals surface area contributed by atoms with Crippen molar-refractivity contribution in [1.82, 2.24) is 5.06 Å². The summed E-state index contributed by atoms with van der Waals surface area (Å²) in [6.45, 7) is 0. The number of nitrogens with zero attached hydrogens (tertiary/aromatic N) is 1. The summed E-state index contributed by atoms with van der Waals surface area (Å²) in [5.74, 6) is -6.75. The molecule has 0 rings (SSSR count). The molecule has 0 aromatic carbocycles. The molecule has 0 spiro atoms. The molecule has 0 fully saturated rings. The highest BCUT2D eigenvalue weighted by molar-refractivity contribution is 6.37. The summed E-state index contributed by atoms with van der Waals surface area (Å²) in [6.07, 6.45) is -7.53. The second kappa shape index (κ2) is 6.02. The summed E-state index contributed by atoms with van der Waals surface area (Å²) in [5, 5.41) is 35.6. The first kappa shape index (κ1) is 15.9. The molecule has 0 unspecified atom stereocenters. The number of hydroxylamine groups is 2. The Hall–Kier alpha value is -2.08. The van der Waals surface area contributed by atoms with Crippen molar-refractivity contribution in [2.45, 2.75) is 18.4 Å². The van der Waals surface area contributed by atoms with Gasteiger partial charge in [-0.15, -0.1) is 0 Å². The number of Topliss-reactive ketones (excluding diaryl/α,β-unsaturated/α-hetero) is 1. The van der Waals surface area contributed by atoms with Gasteiger partial charge in [-0.2, -0.15) is 5.06 Å². The van der Waals surface area contributed by atoms with Crippen LogP contribution in [-0.4, -0.2) is 67.5 Å². The van der Waals surface area contributed by atoms with E-state index in [0.717, 1.165) is 0 Å². The van der Waals surface area contributed by atoms with Gasteiger partial charge in [0.25, 0.3) is 11.7 Å². The minimum atomic E-state index is -2.57. The van der Waals surface area contributed by atoms with Crippen molar-refractivity contribution >= 4 is 23.5 Å². The third-order valence-electron chi connectivity index (χ3n) is 1.81. The number of hydrogen-bond acceptors (Lipinski definition) is 8. The van der Waals surface area contributed by atoms with E-state index in [1.54, 1.807) is 0 Å². The molecular formula is C7H11N3O8. The van der Waals surface area contributed by atoms with Crippen molar-refractivity contribution in [3.63, 3.8) is 0 Å². The standard InChI is InChI=1S/C7H11N3O8/c8-4(14)2(12)1(11)3(13)6(16)10(18)7(17)5(9)15/h1,3,6,11,13,16,18H,(H2,8,14)(H2,9,15)/t1-,3+,6-/m1/s1. The van der Waals surface area contributed by atoms with Crippen molar-refractivity contribution in [1.29, 1.82) is 0 Å². The molecule has 0 bridgehead atoms. The van der Waals surface area contributed by atoms with E-state index in [1.807, 2.05) is 0 Å². The predicted octanol–water partition coefficient (Wildman–Crippen LogP) is -5.22. The van der Waals surface area contributed by atoms with Crippen LogP contribution in [0.1, 0.15) is 0 Å². The molecule has 8 N–H and O–H groups in total. The molecule has 11 nitrogen and oxygen atoms in total. The van der Waals surface area contributed by atoms with Crippen LogP contribution in [0.3, 0.4) is 0 Å². The summed E-state index contributed by atoms with van der Waals surface area (Å²) in [7, 11) is 0. The average Bonchev–Trinajstić information content (AvgIpc) is 2.32. The molecule has 18 heavy (non-hydrogen) atoms. The van der Waals surface area contributed by atoms with Gasteiger partial charge in [-0.25, -0.2) is 0 Å². The quantitative estimate of drug-likeness (QED) is 0.122. The molecule has 0 saturated carbocycles. The summed E-state index contributed by atoms with van der Waals surface area (Å²) in [5.41, 5.74) is 8.97. The van der Waals surface area contributed by atoms with Gasteiger partial charge < -0.3 is 26.8 Å². The summed E-state index contributed by atoms with van der Waals surface area (Å²) in [4.78, 5) is 42.4. The van der Waals surface area contributed by atoms with Gasteiger partial charge >= 0.3 is 11.8 Å². The monoisotopic (exact) mass is 265 g/mol. The fraction of sp³-hybridized carbons (Fsp3) is 0.429. The maximum absolute atomic E-state index is 10.8. The van der Waals surface area contributed by atoms with Crippen molar-refractivity contribution in [2.75, 3.05) is 0 Å². The van der Waals surface area contributed by atoms with Gasteiger partial charge in [0.2, 0.25) is 0 Å². The second-order valence-electron chi connectivity index (χ2n) is 3.09. The van der Waals surface area contributed by atoms with E-state index in [2.05, 4.69) is 11.5 Å². The SMILES string of the molecule is NC(=O)C(=O)[C@@H](O)[C@H](O)[C@@H](O)N(O)C(=O)C(N)=O. The van der Waals surface area contributed by atoms with E-state index in [-0.39, 0.29) is 0 Å². The first-order valence-corrected chi connectivity index (χ1v) is 4.31. The van der Waals surface area contributed by atoms with Crippen molar-refractivity contribution in [3.8, 4) is 0 Å². The number of carbonyl (C=O) groups is 4. The van der Waals surface area contributed by atoms with Gasteiger partial charge in [-0.3, -0.25) is 24.4 Å². The Morgan fingerprint density at radius 2 is 1.39 bits per heavy atom. The second-order valence-corrected chi connectivity index (χ2v) is 3.09. The van der Waals surface area contributed by atoms with Crippen LogP contribution in [0.2, 0.25) is 0 Å². The summed E-state index contributed by atoms with van der Waals surface area (Å²) >= 11 is 0. The van der Waals surface area contributed by atoms with Crippen LogP contribution in [0, 0.1) is 0 Å². The first-order chi connectivity index (χ1) is 8.11. The molecule has 0 aliphatic heterocycles. The Kier molecular flexibility index (Phi) is 5.32. The van der Waals surface area contributed by atoms with Crippen LogP contribution in [0.5, 0.6) is 0 Å². The van der Waals surface area contributed by atoms with E-state index in [4.69, 9.17) is 15.4 Å². The minimum Gasteiger partial charge on any atom is -0.385 e. The van der Waals surface area contributed by atoms with Gasteiger partial charge in [0, 0.05) is 0 Å². The van der Waals surface area contributed by atoms with Gasteiger partial charge in [-0.05, 0) is 0 Å². The molecule has 0 aromatic rings. The number of aliphatic hydroxyl groups excluding tert-OH is 3. The van der Waals surface area contributed by atoms with Crippen molar-refractivity contribution < 1.29 is 39.7 Å². The molecule has 0 aromatic heterocycles. The van der Waals surface area contributed by atoms with Gasteiger partial charge in [0.1, 0.15) is 6.10 Å². The van der Waals surface area contributed by atoms with Crippen molar-refractivity contribution in [3.05, 3.63) is 0 Å². The molecule has 0 heterocycles. The molecular weight excluding hydrogens is 254 g/mol. The van der Waals surface area contributed by atoms with E-state index in [9.17, 15) is 24.3 Å². The smallest absolute Gasteiger partial charge is 0.337 e. The lowest BCUT2D eigenvalue weighted by atomic mass is 10.1. The largest absolute Gasteiger partial charge is 0.385 e. The van der Waals surface area contributed by atoms with Crippen LogP contribution < -0.4 is 11.5 Å². The molecule has 102 valence electrons. The topological polar surface area (TPSA) is 204 Å². The molecule has 11 heteroatoms. The third kappa shape index (κ3) is 3.46. The van der Waals surface area contributed by atoms with Crippen LogP contribution in [0.4, 0.5) is 0 Å². The lowest BCUT2D eigenvalue weighted by Gasteiger charge is -2.26. The zero-order valence-electron chi connectivity index (χ0n) is 8.76. The first-order valence-electron chi connectivity index (χ1n) is 4.31. The van der Waals surface area contributed by atoms with E-state index in [1.165, 1.54) is 0 Å². The molecule has 0 aliphatic carbocycles. The highest BCUT2D eigenvalue weighted by atomic mass is 16.6. The molecule has 0 radical (unpaired) electrons. The zero-order chi connectivity index (χ0) is 14.6. The van der Waals surface area contributed by atoms with Gasteiger partial charge in [0.15, 0.2) is 12.3 Å².